The van der Waals surface area contributed by atoms with E-state index < -0.39 is 23.8 Å². The lowest BCUT2D eigenvalue weighted by Crippen LogP contribution is -2.47. The minimum absolute atomic E-state index is 0.301. The van der Waals surface area contributed by atoms with Crippen LogP contribution in [0.5, 0.6) is 11.5 Å². The predicted octanol–water partition coefficient (Wildman–Crippen LogP) is 3.71. The topological polar surface area (TPSA) is 84.9 Å². The molecule has 0 bridgehead atoms. The molecule has 2 aromatic rings. The normalized spacial score (nSPS) is 13.8. The highest BCUT2D eigenvalue weighted by molar-refractivity contribution is 7.98. The Morgan fingerprint density at radius 3 is 2.23 bits per heavy atom. The van der Waals surface area contributed by atoms with E-state index >= 15 is 0 Å². The zero-order valence-corrected chi connectivity index (χ0v) is 18.3. The highest BCUT2D eigenvalue weighted by Crippen LogP contribution is 2.36. The highest BCUT2D eigenvalue weighted by Gasteiger charge is 2.42. The van der Waals surface area contributed by atoms with Crippen LogP contribution in [0.3, 0.4) is 0 Å². The van der Waals surface area contributed by atoms with Crippen LogP contribution >= 0.6 is 23.4 Å². The van der Waals surface area contributed by atoms with Crippen LogP contribution in [0, 0.1) is 0 Å². The van der Waals surface area contributed by atoms with Gasteiger partial charge in [-0.3, -0.25) is 19.3 Å². The van der Waals surface area contributed by atoms with Gasteiger partial charge in [-0.05, 0) is 30.6 Å². The maximum Gasteiger partial charge on any atom is 0.262 e. The van der Waals surface area contributed by atoms with Gasteiger partial charge in [-0.2, -0.15) is 11.8 Å². The summed E-state index contributed by atoms with van der Waals surface area (Å²) >= 11 is 7.65. The van der Waals surface area contributed by atoms with Crippen LogP contribution in [0.1, 0.15) is 27.1 Å². The van der Waals surface area contributed by atoms with Gasteiger partial charge in [-0.15, -0.1) is 0 Å². The second kappa shape index (κ2) is 9.40. The number of carbonyl (C=O) groups is 3. The summed E-state index contributed by atoms with van der Waals surface area (Å²) in [6.45, 7) is 0. The summed E-state index contributed by atoms with van der Waals surface area (Å²) in [5.74, 6) is -0.169. The second-order valence-electron chi connectivity index (χ2n) is 6.50. The van der Waals surface area contributed by atoms with Gasteiger partial charge < -0.3 is 14.8 Å². The Balaban J connectivity index is 1.93. The van der Waals surface area contributed by atoms with Gasteiger partial charge >= 0.3 is 0 Å². The third-order valence-electron chi connectivity index (χ3n) is 4.77. The first-order valence-electron chi connectivity index (χ1n) is 9.11. The third-order valence-corrected chi connectivity index (χ3v) is 5.71. The third kappa shape index (κ3) is 4.11. The molecule has 3 amide bonds. The quantitative estimate of drug-likeness (QED) is 0.619. The minimum atomic E-state index is -0.976. The number of hydrogen-bond donors (Lipinski definition) is 1. The molecule has 0 aromatic heterocycles. The SMILES string of the molecule is COc1cc(NC(=O)C(CCSC)N2C(=O)c3ccccc3C2=O)c(OC)cc1Cl. The van der Waals surface area contributed by atoms with Crippen LogP contribution < -0.4 is 14.8 Å². The summed E-state index contributed by atoms with van der Waals surface area (Å²) in [7, 11) is 2.91. The number of thioether (sulfide) groups is 1. The van der Waals surface area contributed by atoms with Crippen molar-refractivity contribution in [2.24, 2.45) is 0 Å². The number of hydrogen-bond acceptors (Lipinski definition) is 6. The first-order chi connectivity index (χ1) is 14.4. The average Bonchev–Trinajstić information content (AvgIpc) is 3.00. The van der Waals surface area contributed by atoms with E-state index in [0.717, 1.165) is 4.90 Å². The van der Waals surface area contributed by atoms with Gasteiger partial charge in [0.05, 0.1) is 36.1 Å². The van der Waals surface area contributed by atoms with Crippen LogP contribution in [-0.2, 0) is 4.79 Å². The molecular formula is C21H21ClN2O5S. The van der Waals surface area contributed by atoms with Gasteiger partial charge in [0, 0.05) is 12.1 Å². The van der Waals surface area contributed by atoms with E-state index in [-0.39, 0.29) is 0 Å². The molecule has 1 atom stereocenters. The molecule has 0 saturated carbocycles. The molecule has 0 saturated heterocycles. The number of fused-ring (bicyclic) bond motifs is 1. The Morgan fingerprint density at radius 1 is 1.10 bits per heavy atom. The van der Waals surface area contributed by atoms with Gasteiger partial charge in [-0.1, -0.05) is 23.7 Å². The summed E-state index contributed by atoms with van der Waals surface area (Å²) in [5, 5.41) is 3.08. The van der Waals surface area contributed by atoms with Crippen molar-refractivity contribution in [3.63, 3.8) is 0 Å². The zero-order chi connectivity index (χ0) is 21.8. The van der Waals surface area contributed by atoms with E-state index in [0.29, 0.717) is 45.5 Å². The number of methoxy groups -OCH3 is 2. The first kappa shape index (κ1) is 22.0. The molecule has 1 heterocycles. The average molecular weight is 449 g/mol. The highest BCUT2D eigenvalue weighted by atomic mass is 35.5. The van der Waals surface area contributed by atoms with E-state index in [1.165, 1.54) is 38.1 Å². The van der Waals surface area contributed by atoms with E-state index in [2.05, 4.69) is 5.32 Å². The molecule has 0 fully saturated rings. The van der Waals surface area contributed by atoms with Gasteiger partial charge in [-0.25, -0.2) is 0 Å². The fourth-order valence-corrected chi connectivity index (χ4v) is 3.96. The smallest absolute Gasteiger partial charge is 0.262 e. The maximum atomic E-state index is 13.2. The Bertz CT molecular complexity index is 962. The standard InChI is InChI=1S/C21H21ClN2O5S/c1-28-17-11-15(18(29-2)10-14(17)22)23-19(25)16(8-9-30-3)24-20(26)12-6-4-5-7-13(12)21(24)27/h4-7,10-11,16H,8-9H2,1-3H3,(H,23,25). The number of imide groups is 1. The summed E-state index contributed by atoms with van der Waals surface area (Å²) in [4.78, 5) is 40.0. The summed E-state index contributed by atoms with van der Waals surface area (Å²) in [6, 6.07) is 8.64. The van der Waals surface area contributed by atoms with Gasteiger partial charge in [0.1, 0.15) is 17.5 Å². The molecule has 1 aliphatic rings. The Kier molecular flexibility index (Phi) is 6.89. The largest absolute Gasteiger partial charge is 0.495 e. The van der Waals surface area contributed by atoms with Crippen LogP contribution in [0.4, 0.5) is 5.69 Å². The number of nitrogens with one attached hydrogen (secondary N) is 1. The molecule has 30 heavy (non-hydrogen) atoms. The molecule has 1 N–H and O–H groups in total. The molecule has 158 valence electrons. The minimum Gasteiger partial charge on any atom is -0.495 e. The molecule has 3 rings (SSSR count). The molecular weight excluding hydrogens is 428 g/mol. The zero-order valence-electron chi connectivity index (χ0n) is 16.7. The molecule has 2 aromatic carbocycles. The van der Waals surface area contributed by atoms with Crippen molar-refractivity contribution in [2.45, 2.75) is 12.5 Å². The monoisotopic (exact) mass is 448 g/mol. The molecule has 0 radical (unpaired) electrons. The van der Waals surface area contributed by atoms with E-state index in [1.54, 1.807) is 24.3 Å². The van der Waals surface area contributed by atoms with Crippen LogP contribution in [0.15, 0.2) is 36.4 Å². The van der Waals surface area contributed by atoms with Crippen LogP contribution in [-0.4, -0.2) is 54.9 Å². The lowest BCUT2D eigenvalue weighted by Gasteiger charge is -2.25. The first-order valence-corrected chi connectivity index (χ1v) is 10.9. The second-order valence-corrected chi connectivity index (χ2v) is 7.89. The van der Waals surface area contributed by atoms with Crippen molar-refractivity contribution >= 4 is 46.8 Å². The molecule has 1 unspecified atom stereocenters. The van der Waals surface area contributed by atoms with Crippen molar-refractivity contribution in [2.75, 3.05) is 31.5 Å². The van der Waals surface area contributed by atoms with Crippen molar-refractivity contribution in [1.82, 2.24) is 4.90 Å². The number of rotatable bonds is 8. The summed E-state index contributed by atoms with van der Waals surface area (Å²) in [5.41, 5.74) is 0.930. The van der Waals surface area contributed by atoms with Crippen LogP contribution in [0.2, 0.25) is 5.02 Å². The van der Waals surface area contributed by atoms with Crippen molar-refractivity contribution in [3.8, 4) is 11.5 Å². The summed E-state index contributed by atoms with van der Waals surface area (Å²) < 4.78 is 10.5. The van der Waals surface area contributed by atoms with Crippen molar-refractivity contribution in [1.29, 1.82) is 0 Å². The van der Waals surface area contributed by atoms with E-state index in [4.69, 9.17) is 21.1 Å². The number of halogens is 1. The molecule has 7 nitrogen and oxygen atoms in total. The van der Waals surface area contributed by atoms with E-state index in [9.17, 15) is 14.4 Å². The number of benzene rings is 2. The lowest BCUT2D eigenvalue weighted by atomic mass is 10.1. The molecule has 9 heteroatoms. The van der Waals surface area contributed by atoms with Gasteiger partial charge in [0.25, 0.3) is 11.8 Å². The van der Waals surface area contributed by atoms with Crippen LogP contribution in [0.25, 0.3) is 0 Å². The Hall–Kier alpha value is -2.71. The maximum absolute atomic E-state index is 13.2. The molecule has 0 spiro atoms. The summed E-state index contributed by atoms with van der Waals surface area (Å²) in [6.07, 6.45) is 2.20. The van der Waals surface area contributed by atoms with Crippen molar-refractivity contribution in [3.05, 3.63) is 52.5 Å². The van der Waals surface area contributed by atoms with E-state index in [1.807, 2.05) is 6.26 Å². The number of anilines is 1. The number of ether oxygens (including phenoxy) is 2. The Labute approximate surface area is 183 Å². The lowest BCUT2D eigenvalue weighted by molar-refractivity contribution is -0.120. The fraction of sp³-hybridized carbons (Fsp3) is 0.286. The molecule has 1 aliphatic heterocycles. The van der Waals surface area contributed by atoms with Gasteiger partial charge in [0.15, 0.2) is 0 Å². The molecule has 0 aliphatic carbocycles. The fourth-order valence-electron chi connectivity index (χ4n) is 3.27. The Morgan fingerprint density at radius 2 is 1.70 bits per heavy atom. The van der Waals surface area contributed by atoms with Gasteiger partial charge in [0.2, 0.25) is 5.91 Å². The number of nitrogens with zero attached hydrogens (tertiary/aromatic N) is 1. The number of carbonyl (C=O) groups excluding carboxylic acids is 3. The predicted molar refractivity (Wildman–Crippen MR) is 117 cm³/mol. The number of amides is 3. The van der Waals surface area contributed by atoms with Crippen molar-refractivity contribution < 1.29 is 23.9 Å².